The molecule has 0 bridgehead atoms. The van der Waals surface area contributed by atoms with Gasteiger partial charge in [-0.15, -0.1) is 0 Å². The SMILES string of the molecule is COc1ccc(Cn2ccc(CCOC3CCCCO3)c([N+](=O)[O-])c2=O)cc1. The Morgan fingerprint density at radius 2 is 2.04 bits per heavy atom. The molecular formula is C20H24N2O6. The average Bonchev–Trinajstić information content (AvgIpc) is 2.71. The van der Waals surface area contributed by atoms with Crippen LogP contribution in [-0.4, -0.2) is 36.1 Å². The van der Waals surface area contributed by atoms with Crippen LogP contribution in [0.2, 0.25) is 0 Å². The first-order valence-corrected chi connectivity index (χ1v) is 9.31. The van der Waals surface area contributed by atoms with E-state index in [0.717, 1.165) is 24.8 Å². The molecule has 1 fully saturated rings. The predicted octanol–water partition coefficient (Wildman–Crippen LogP) is 2.90. The van der Waals surface area contributed by atoms with Crippen LogP contribution >= 0.6 is 0 Å². The molecule has 150 valence electrons. The van der Waals surface area contributed by atoms with Gasteiger partial charge in [-0.3, -0.25) is 14.9 Å². The van der Waals surface area contributed by atoms with Gasteiger partial charge in [0.2, 0.25) is 0 Å². The molecule has 1 saturated heterocycles. The minimum atomic E-state index is -0.618. The lowest BCUT2D eigenvalue weighted by atomic mass is 10.1. The van der Waals surface area contributed by atoms with Gasteiger partial charge in [-0.05, 0) is 43.0 Å². The molecule has 1 aromatic heterocycles. The van der Waals surface area contributed by atoms with E-state index < -0.39 is 16.2 Å². The smallest absolute Gasteiger partial charge is 0.337 e. The zero-order valence-corrected chi connectivity index (χ0v) is 15.8. The van der Waals surface area contributed by atoms with Crippen LogP contribution in [0.25, 0.3) is 0 Å². The molecule has 0 saturated carbocycles. The molecule has 0 amide bonds. The summed E-state index contributed by atoms with van der Waals surface area (Å²) in [4.78, 5) is 23.5. The van der Waals surface area contributed by atoms with Crippen molar-refractivity contribution in [3.8, 4) is 5.75 Å². The molecule has 1 unspecified atom stereocenters. The summed E-state index contributed by atoms with van der Waals surface area (Å²) in [7, 11) is 1.58. The Bertz CT molecular complexity index is 856. The van der Waals surface area contributed by atoms with Gasteiger partial charge in [0, 0.05) is 24.8 Å². The molecule has 28 heavy (non-hydrogen) atoms. The van der Waals surface area contributed by atoms with E-state index in [4.69, 9.17) is 14.2 Å². The van der Waals surface area contributed by atoms with Gasteiger partial charge in [-0.2, -0.15) is 0 Å². The molecule has 0 spiro atoms. The van der Waals surface area contributed by atoms with Crippen LogP contribution in [0.4, 0.5) is 5.69 Å². The van der Waals surface area contributed by atoms with Crippen molar-refractivity contribution < 1.29 is 19.1 Å². The number of ether oxygens (including phenoxy) is 3. The van der Waals surface area contributed by atoms with Gasteiger partial charge in [0.15, 0.2) is 6.29 Å². The van der Waals surface area contributed by atoms with Gasteiger partial charge in [-0.25, -0.2) is 0 Å². The monoisotopic (exact) mass is 388 g/mol. The average molecular weight is 388 g/mol. The summed E-state index contributed by atoms with van der Waals surface area (Å²) in [6, 6.07) is 8.84. The van der Waals surface area contributed by atoms with Crippen molar-refractivity contribution in [2.75, 3.05) is 20.3 Å². The molecule has 1 atom stereocenters. The maximum atomic E-state index is 12.7. The van der Waals surface area contributed by atoms with Crippen molar-refractivity contribution in [1.82, 2.24) is 4.57 Å². The van der Waals surface area contributed by atoms with Gasteiger partial charge >= 0.3 is 11.2 Å². The van der Waals surface area contributed by atoms with Crippen LogP contribution in [0.3, 0.4) is 0 Å². The van der Waals surface area contributed by atoms with Crippen LogP contribution in [0, 0.1) is 10.1 Å². The first-order valence-electron chi connectivity index (χ1n) is 9.31. The maximum absolute atomic E-state index is 12.7. The van der Waals surface area contributed by atoms with Crippen LogP contribution in [-0.2, 0) is 22.4 Å². The molecule has 2 heterocycles. The van der Waals surface area contributed by atoms with E-state index in [0.29, 0.717) is 17.9 Å². The molecule has 1 aliphatic heterocycles. The Morgan fingerprint density at radius 3 is 2.68 bits per heavy atom. The van der Waals surface area contributed by atoms with Gasteiger partial charge in [0.1, 0.15) is 5.75 Å². The fraction of sp³-hybridized carbons (Fsp3) is 0.450. The minimum absolute atomic E-state index is 0.246. The molecule has 0 N–H and O–H groups in total. The number of hydrogen-bond acceptors (Lipinski definition) is 6. The number of rotatable bonds is 8. The van der Waals surface area contributed by atoms with Crippen molar-refractivity contribution in [2.24, 2.45) is 0 Å². The van der Waals surface area contributed by atoms with Crippen molar-refractivity contribution in [2.45, 2.75) is 38.5 Å². The second-order valence-corrected chi connectivity index (χ2v) is 6.64. The number of benzene rings is 1. The van der Waals surface area contributed by atoms with Crippen molar-refractivity contribution in [3.05, 3.63) is 68.1 Å². The molecule has 0 aliphatic carbocycles. The highest BCUT2D eigenvalue weighted by Crippen LogP contribution is 2.18. The third-order valence-corrected chi connectivity index (χ3v) is 4.73. The number of hydrogen-bond donors (Lipinski definition) is 0. The number of pyridine rings is 1. The molecule has 1 aromatic carbocycles. The topological polar surface area (TPSA) is 92.8 Å². The lowest BCUT2D eigenvalue weighted by molar-refractivity contribution is -0.387. The molecule has 8 heteroatoms. The quantitative estimate of drug-likeness (QED) is 0.510. The lowest BCUT2D eigenvalue weighted by Crippen LogP contribution is -2.26. The summed E-state index contributed by atoms with van der Waals surface area (Å²) in [5.74, 6) is 0.708. The summed E-state index contributed by atoms with van der Waals surface area (Å²) in [6.45, 7) is 1.19. The van der Waals surface area contributed by atoms with E-state index in [1.807, 2.05) is 12.1 Å². The van der Waals surface area contributed by atoms with Crippen LogP contribution in [0.5, 0.6) is 5.75 Å². The van der Waals surface area contributed by atoms with Crippen molar-refractivity contribution in [3.63, 3.8) is 0 Å². The second kappa shape index (κ2) is 9.48. The van der Waals surface area contributed by atoms with E-state index in [1.54, 1.807) is 31.5 Å². The number of methoxy groups -OCH3 is 1. The first-order chi connectivity index (χ1) is 13.6. The Labute approximate surface area is 162 Å². The summed E-state index contributed by atoms with van der Waals surface area (Å²) in [5, 5.41) is 11.5. The fourth-order valence-corrected chi connectivity index (χ4v) is 3.19. The highest BCUT2D eigenvalue weighted by Gasteiger charge is 2.22. The number of aromatic nitrogens is 1. The lowest BCUT2D eigenvalue weighted by Gasteiger charge is -2.22. The Hall–Kier alpha value is -2.71. The molecule has 8 nitrogen and oxygen atoms in total. The summed E-state index contributed by atoms with van der Waals surface area (Å²) in [6.07, 6.45) is 4.51. The maximum Gasteiger partial charge on any atom is 0.337 e. The predicted molar refractivity (Wildman–Crippen MR) is 103 cm³/mol. The number of nitro groups is 1. The molecule has 0 radical (unpaired) electrons. The summed E-state index contributed by atoms with van der Waals surface area (Å²) >= 11 is 0. The summed E-state index contributed by atoms with van der Waals surface area (Å²) in [5.41, 5.74) is 0.205. The van der Waals surface area contributed by atoms with Gasteiger partial charge in [0.25, 0.3) is 0 Å². The standard InChI is InChI=1S/C20H24N2O6/c1-26-17-7-5-15(6-8-17)14-21-11-9-16(19(20(21)23)22(24)25)10-13-28-18-4-2-3-12-27-18/h5-9,11,18H,2-4,10,12-14H2,1H3. The molecule has 2 aromatic rings. The van der Waals surface area contributed by atoms with Crippen LogP contribution < -0.4 is 10.3 Å². The molecule has 3 rings (SSSR count). The molecule has 1 aliphatic rings. The molecular weight excluding hydrogens is 364 g/mol. The first kappa shape index (κ1) is 20.0. The third-order valence-electron chi connectivity index (χ3n) is 4.73. The Kier molecular flexibility index (Phi) is 6.78. The minimum Gasteiger partial charge on any atom is -0.497 e. The normalized spacial score (nSPS) is 16.7. The Balaban J connectivity index is 1.72. The fourth-order valence-electron chi connectivity index (χ4n) is 3.19. The van der Waals surface area contributed by atoms with E-state index in [1.165, 1.54) is 4.57 Å². The third kappa shape index (κ3) is 4.96. The second-order valence-electron chi connectivity index (χ2n) is 6.64. The van der Waals surface area contributed by atoms with Crippen molar-refractivity contribution >= 4 is 5.69 Å². The van der Waals surface area contributed by atoms with E-state index in [9.17, 15) is 14.9 Å². The van der Waals surface area contributed by atoms with E-state index in [2.05, 4.69) is 0 Å². The van der Waals surface area contributed by atoms with Crippen LogP contribution in [0.15, 0.2) is 41.3 Å². The van der Waals surface area contributed by atoms with E-state index in [-0.39, 0.29) is 25.9 Å². The van der Waals surface area contributed by atoms with Gasteiger partial charge in [-0.1, -0.05) is 12.1 Å². The largest absolute Gasteiger partial charge is 0.497 e. The summed E-state index contributed by atoms with van der Waals surface area (Å²) < 4.78 is 17.6. The highest BCUT2D eigenvalue weighted by molar-refractivity contribution is 5.38. The Morgan fingerprint density at radius 1 is 1.25 bits per heavy atom. The zero-order valence-electron chi connectivity index (χ0n) is 15.8. The van der Waals surface area contributed by atoms with Gasteiger partial charge < -0.3 is 18.8 Å². The number of nitrogens with zero attached hydrogens (tertiary/aromatic N) is 2. The van der Waals surface area contributed by atoms with Crippen molar-refractivity contribution in [1.29, 1.82) is 0 Å². The van der Waals surface area contributed by atoms with Gasteiger partial charge in [0.05, 0.1) is 25.2 Å². The zero-order chi connectivity index (χ0) is 19.9. The van der Waals surface area contributed by atoms with E-state index >= 15 is 0 Å². The highest BCUT2D eigenvalue weighted by atomic mass is 16.7. The van der Waals surface area contributed by atoms with Crippen LogP contribution in [0.1, 0.15) is 30.4 Å².